The molecule has 3 rings (SSSR count). The predicted molar refractivity (Wildman–Crippen MR) is 114 cm³/mol. The van der Waals surface area contributed by atoms with Crippen LogP contribution >= 0.6 is 23.2 Å². The molecule has 0 saturated carbocycles. The Morgan fingerprint density at radius 1 is 1.21 bits per heavy atom. The number of hydrogen-bond donors (Lipinski definition) is 1. The molecule has 1 saturated heterocycles. The molecule has 0 spiro atoms. The van der Waals surface area contributed by atoms with Gasteiger partial charge in [0.05, 0.1) is 22.4 Å². The van der Waals surface area contributed by atoms with Gasteiger partial charge in [-0.25, -0.2) is 8.42 Å². The lowest BCUT2D eigenvalue weighted by molar-refractivity contribution is -0.120. The first-order valence-electron chi connectivity index (χ1n) is 9.30. The van der Waals surface area contributed by atoms with Gasteiger partial charge in [0, 0.05) is 23.8 Å². The van der Waals surface area contributed by atoms with E-state index in [1.807, 2.05) is 6.92 Å². The van der Waals surface area contributed by atoms with Gasteiger partial charge in [0.15, 0.2) is 0 Å². The quantitative estimate of drug-likeness (QED) is 0.697. The Labute approximate surface area is 180 Å². The molecule has 0 aromatic heterocycles. The molecule has 1 aliphatic heterocycles. The third kappa shape index (κ3) is 5.22. The van der Waals surface area contributed by atoms with Crippen molar-refractivity contribution in [3.8, 4) is 5.75 Å². The van der Waals surface area contributed by atoms with Gasteiger partial charge in [-0.1, -0.05) is 23.2 Å². The number of anilines is 1. The number of sulfonamides is 1. The Bertz CT molecular complexity index is 980. The zero-order valence-electron chi connectivity index (χ0n) is 15.9. The molecule has 0 radical (unpaired) electrons. The second kappa shape index (κ2) is 9.34. The summed E-state index contributed by atoms with van der Waals surface area (Å²) >= 11 is 12.0. The molecule has 1 heterocycles. The van der Waals surface area contributed by atoms with Crippen LogP contribution in [0.1, 0.15) is 19.8 Å². The van der Waals surface area contributed by atoms with Gasteiger partial charge in [-0.05, 0) is 62.2 Å². The summed E-state index contributed by atoms with van der Waals surface area (Å²) in [6, 6.07) is 11.2. The molecule has 9 heteroatoms. The predicted octanol–water partition coefficient (Wildman–Crippen LogP) is 4.43. The summed E-state index contributed by atoms with van der Waals surface area (Å²) in [6.07, 6.45) is 1.22. The van der Waals surface area contributed by atoms with Crippen molar-refractivity contribution in [1.82, 2.24) is 4.31 Å². The van der Waals surface area contributed by atoms with E-state index in [-0.39, 0.29) is 22.4 Å². The van der Waals surface area contributed by atoms with Gasteiger partial charge >= 0.3 is 0 Å². The summed E-state index contributed by atoms with van der Waals surface area (Å²) in [6.45, 7) is 2.73. The Morgan fingerprint density at radius 3 is 2.59 bits per heavy atom. The van der Waals surface area contributed by atoms with Crippen molar-refractivity contribution in [2.45, 2.75) is 24.7 Å². The number of piperidine rings is 1. The number of rotatable bonds is 6. The highest BCUT2D eigenvalue weighted by Gasteiger charge is 2.33. The van der Waals surface area contributed by atoms with E-state index in [0.717, 1.165) is 0 Å². The number of benzene rings is 2. The first kappa shape index (κ1) is 21.9. The van der Waals surface area contributed by atoms with Crippen LogP contribution in [0, 0.1) is 5.92 Å². The number of amides is 1. The van der Waals surface area contributed by atoms with E-state index < -0.39 is 15.9 Å². The lowest BCUT2D eigenvalue weighted by Gasteiger charge is -2.31. The third-order valence-corrected chi connectivity index (χ3v) is 7.12. The highest BCUT2D eigenvalue weighted by atomic mass is 35.5. The molecule has 6 nitrogen and oxygen atoms in total. The summed E-state index contributed by atoms with van der Waals surface area (Å²) < 4.78 is 32.8. The molecule has 1 amide bonds. The summed E-state index contributed by atoms with van der Waals surface area (Å²) in [4.78, 5) is 12.7. The van der Waals surface area contributed by atoms with Gasteiger partial charge in [-0.3, -0.25) is 4.79 Å². The molecule has 156 valence electrons. The summed E-state index contributed by atoms with van der Waals surface area (Å²) in [5, 5.41) is 3.64. The van der Waals surface area contributed by atoms with E-state index in [2.05, 4.69) is 5.32 Å². The van der Waals surface area contributed by atoms with Crippen LogP contribution in [0.5, 0.6) is 5.75 Å². The number of nitrogens with one attached hydrogen (secondary N) is 1. The maximum absolute atomic E-state index is 13.1. The minimum atomic E-state index is -3.77. The monoisotopic (exact) mass is 456 g/mol. The highest BCUT2D eigenvalue weighted by molar-refractivity contribution is 7.89. The molecule has 1 aliphatic rings. The minimum absolute atomic E-state index is 0.0877. The molecule has 2 aromatic carbocycles. The number of carbonyl (C=O) groups excluding carboxylic acids is 1. The van der Waals surface area contributed by atoms with Crippen LogP contribution in [-0.2, 0) is 14.8 Å². The van der Waals surface area contributed by atoms with Crippen molar-refractivity contribution < 1.29 is 17.9 Å². The standard InChI is InChI=1S/C20H22Cl2N2O4S/c1-2-28-19-10-9-17(12-18(19)22)29(26,27)24-11-3-4-14(13-24)20(25)23-16-7-5-15(21)6-8-16/h5-10,12,14H,2-4,11,13H2,1H3,(H,23,25)/t14-/m0/s1. The molecule has 1 N–H and O–H groups in total. The van der Waals surface area contributed by atoms with Crippen LogP contribution in [0.4, 0.5) is 5.69 Å². The van der Waals surface area contributed by atoms with Crippen LogP contribution in [-0.4, -0.2) is 38.3 Å². The van der Waals surface area contributed by atoms with Crippen LogP contribution in [0.25, 0.3) is 0 Å². The molecule has 1 fully saturated rings. The second-order valence-electron chi connectivity index (χ2n) is 6.72. The fraction of sp³-hybridized carbons (Fsp3) is 0.350. The van der Waals surface area contributed by atoms with Gasteiger partial charge < -0.3 is 10.1 Å². The van der Waals surface area contributed by atoms with E-state index in [1.54, 1.807) is 30.3 Å². The molecule has 2 aromatic rings. The van der Waals surface area contributed by atoms with Gasteiger partial charge in [-0.15, -0.1) is 0 Å². The molecule has 0 unspecified atom stereocenters. The third-order valence-electron chi connectivity index (χ3n) is 4.71. The van der Waals surface area contributed by atoms with Crippen molar-refractivity contribution >= 4 is 44.8 Å². The lowest BCUT2D eigenvalue weighted by Crippen LogP contribution is -2.43. The Hall–Kier alpha value is -1.80. The first-order valence-corrected chi connectivity index (χ1v) is 11.5. The SMILES string of the molecule is CCOc1ccc(S(=O)(=O)N2CCC[C@H](C(=O)Nc3ccc(Cl)cc3)C2)cc1Cl. The zero-order chi connectivity index (χ0) is 21.0. The van der Waals surface area contributed by atoms with E-state index in [9.17, 15) is 13.2 Å². The van der Waals surface area contributed by atoms with Crippen molar-refractivity contribution in [3.63, 3.8) is 0 Å². The zero-order valence-corrected chi connectivity index (χ0v) is 18.2. The van der Waals surface area contributed by atoms with Crippen molar-refractivity contribution in [2.24, 2.45) is 5.92 Å². The molecule has 0 aliphatic carbocycles. The average molecular weight is 457 g/mol. The average Bonchev–Trinajstić information content (AvgIpc) is 2.71. The molecule has 29 heavy (non-hydrogen) atoms. The minimum Gasteiger partial charge on any atom is -0.492 e. The largest absolute Gasteiger partial charge is 0.492 e. The maximum atomic E-state index is 13.1. The fourth-order valence-corrected chi connectivity index (χ4v) is 5.19. The fourth-order valence-electron chi connectivity index (χ4n) is 3.22. The Balaban J connectivity index is 1.72. The van der Waals surface area contributed by atoms with Gasteiger partial charge in [-0.2, -0.15) is 4.31 Å². The van der Waals surface area contributed by atoms with E-state index in [4.69, 9.17) is 27.9 Å². The molecular formula is C20H22Cl2N2O4S. The normalized spacial score (nSPS) is 17.7. The topological polar surface area (TPSA) is 75.7 Å². The Morgan fingerprint density at radius 2 is 1.93 bits per heavy atom. The summed E-state index contributed by atoms with van der Waals surface area (Å²) in [5.41, 5.74) is 0.623. The molecule has 1 atom stereocenters. The first-order chi connectivity index (χ1) is 13.8. The summed E-state index contributed by atoms with van der Waals surface area (Å²) in [5.74, 6) is -0.212. The van der Waals surface area contributed by atoms with Crippen molar-refractivity contribution in [3.05, 3.63) is 52.5 Å². The number of ether oxygens (including phenoxy) is 1. The lowest BCUT2D eigenvalue weighted by atomic mass is 9.99. The molecule has 0 bridgehead atoms. The molecular weight excluding hydrogens is 435 g/mol. The number of carbonyl (C=O) groups is 1. The van der Waals surface area contributed by atoms with Crippen LogP contribution in [0.15, 0.2) is 47.4 Å². The smallest absolute Gasteiger partial charge is 0.243 e. The van der Waals surface area contributed by atoms with Gasteiger partial charge in [0.25, 0.3) is 0 Å². The van der Waals surface area contributed by atoms with E-state index in [1.165, 1.54) is 16.4 Å². The Kier molecular flexibility index (Phi) is 7.05. The number of halogens is 2. The van der Waals surface area contributed by atoms with E-state index in [0.29, 0.717) is 42.5 Å². The second-order valence-corrected chi connectivity index (χ2v) is 9.51. The maximum Gasteiger partial charge on any atom is 0.243 e. The summed E-state index contributed by atoms with van der Waals surface area (Å²) in [7, 11) is -3.77. The van der Waals surface area contributed by atoms with Crippen LogP contribution in [0.2, 0.25) is 10.0 Å². The van der Waals surface area contributed by atoms with Gasteiger partial charge in [0.1, 0.15) is 5.75 Å². The highest BCUT2D eigenvalue weighted by Crippen LogP contribution is 2.30. The van der Waals surface area contributed by atoms with Crippen molar-refractivity contribution in [2.75, 3.05) is 25.0 Å². The van der Waals surface area contributed by atoms with Crippen molar-refractivity contribution in [1.29, 1.82) is 0 Å². The van der Waals surface area contributed by atoms with Gasteiger partial charge in [0.2, 0.25) is 15.9 Å². The van der Waals surface area contributed by atoms with Crippen LogP contribution in [0.3, 0.4) is 0 Å². The number of hydrogen-bond acceptors (Lipinski definition) is 4. The van der Waals surface area contributed by atoms with Crippen LogP contribution < -0.4 is 10.1 Å². The van der Waals surface area contributed by atoms with E-state index >= 15 is 0 Å². The number of nitrogens with zero attached hydrogens (tertiary/aromatic N) is 1.